The molecule has 0 aliphatic heterocycles. The summed E-state index contributed by atoms with van der Waals surface area (Å²) in [5.74, 6) is -0.313. The van der Waals surface area contributed by atoms with Crippen LogP contribution in [-0.4, -0.2) is 20.5 Å². The summed E-state index contributed by atoms with van der Waals surface area (Å²) < 4.78 is 15.6. The topological polar surface area (TPSA) is 59.3 Å². The van der Waals surface area contributed by atoms with Gasteiger partial charge in [0.2, 0.25) is 0 Å². The van der Waals surface area contributed by atoms with Gasteiger partial charge in [0.1, 0.15) is 5.82 Å². The van der Waals surface area contributed by atoms with E-state index in [2.05, 4.69) is 15.5 Å². The summed E-state index contributed by atoms with van der Waals surface area (Å²) >= 11 is 0. The van der Waals surface area contributed by atoms with Crippen molar-refractivity contribution >= 4 is 11.6 Å². The number of nitrogens with zero attached hydrogens (tertiary/aromatic N) is 3. The van der Waals surface area contributed by atoms with E-state index in [4.69, 9.17) is 0 Å². The van der Waals surface area contributed by atoms with E-state index >= 15 is 0 Å². The molecular weight excluding hydrogens is 295 g/mol. The van der Waals surface area contributed by atoms with Crippen LogP contribution in [-0.2, 0) is 0 Å². The molecule has 1 atom stereocenters. The molecule has 118 valence electrons. The number of hydrogen-bond donors (Lipinski definition) is 1. The lowest BCUT2D eigenvalue weighted by Gasteiger charge is -2.21. The van der Waals surface area contributed by atoms with Gasteiger partial charge in [-0.2, -0.15) is 0 Å². The first-order valence-electron chi connectivity index (χ1n) is 7.43. The van der Waals surface area contributed by atoms with Gasteiger partial charge in [0, 0.05) is 6.20 Å². The van der Waals surface area contributed by atoms with Gasteiger partial charge in [0.25, 0.3) is 5.91 Å². The van der Waals surface area contributed by atoms with E-state index < -0.39 is 11.7 Å². The molecule has 0 aliphatic carbocycles. The molecule has 0 unspecified atom stereocenters. The number of carbonyl (C=O) groups is 1. The molecule has 3 rings (SSSR count). The van der Waals surface area contributed by atoms with Gasteiger partial charge < -0.3 is 5.32 Å². The van der Waals surface area contributed by atoms with Crippen LogP contribution in [0.15, 0.2) is 48.7 Å². The first kappa shape index (κ1) is 15.1. The van der Waals surface area contributed by atoms with Crippen molar-refractivity contribution < 1.29 is 9.18 Å². The van der Waals surface area contributed by atoms with Gasteiger partial charge in [-0.15, -0.1) is 10.2 Å². The highest BCUT2D eigenvalue weighted by Gasteiger charge is 2.25. The van der Waals surface area contributed by atoms with Crippen LogP contribution in [0.4, 0.5) is 4.39 Å². The quantitative estimate of drug-likeness (QED) is 0.805. The zero-order valence-corrected chi connectivity index (χ0v) is 12.9. The Morgan fingerprint density at radius 3 is 2.61 bits per heavy atom. The van der Waals surface area contributed by atoms with Crippen LogP contribution in [0.3, 0.4) is 0 Å². The maximum absolute atomic E-state index is 13.8. The summed E-state index contributed by atoms with van der Waals surface area (Å²) in [6.07, 6.45) is 1.84. The fourth-order valence-electron chi connectivity index (χ4n) is 2.47. The van der Waals surface area contributed by atoms with Crippen LogP contribution >= 0.6 is 0 Å². The van der Waals surface area contributed by atoms with Crippen molar-refractivity contribution in [1.29, 1.82) is 0 Å². The largest absolute Gasteiger partial charge is 0.342 e. The summed E-state index contributed by atoms with van der Waals surface area (Å²) in [6.45, 7) is 3.94. The first-order chi connectivity index (χ1) is 11.1. The number of benzene rings is 1. The molecule has 2 aromatic heterocycles. The number of carbonyl (C=O) groups excluding carboxylic acids is 1. The standard InChI is InChI=1S/C17H17FN4O/c1-11(2)15(16-21-20-14-9-5-6-10-22(14)16)19-17(23)12-7-3-4-8-13(12)18/h3-11,15H,1-2H3,(H,19,23)/t15-/m0/s1. The second kappa shape index (κ2) is 6.16. The highest BCUT2D eigenvalue weighted by atomic mass is 19.1. The van der Waals surface area contributed by atoms with Gasteiger partial charge in [-0.3, -0.25) is 9.20 Å². The Bertz CT molecular complexity index is 843. The molecule has 0 saturated carbocycles. The highest BCUT2D eigenvalue weighted by Crippen LogP contribution is 2.21. The molecule has 1 aromatic carbocycles. The average Bonchev–Trinajstić information content (AvgIpc) is 2.96. The van der Waals surface area contributed by atoms with E-state index in [1.807, 2.05) is 42.6 Å². The van der Waals surface area contributed by atoms with Crippen LogP contribution in [0.1, 0.15) is 36.1 Å². The van der Waals surface area contributed by atoms with Crippen LogP contribution in [0.5, 0.6) is 0 Å². The molecule has 0 aliphatic rings. The zero-order valence-electron chi connectivity index (χ0n) is 12.9. The maximum Gasteiger partial charge on any atom is 0.254 e. The molecule has 0 fully saturated rings. The van der Waals surface area contributed by atoms with Crippen molar-refractivity contribution in [3.63, 3.8) is 0 Å². The SMILES string of the molecule is CC(C)[C@H](NC(=O)c1ccccc1F)c1nnc2ccccn12. The Kier molecular flexibility index (Phi) is 4.06. The van der Waals surface area contributed by atoms with E-state index in [0.29, 0.717) is 11.5 Å². The van der Waals surface area contributed by atoms with E-state index in [0.717, 1.165) is 0 Å². The second-order valence-corrected chi connectivity index (χ2v) is 5.66. The number of rotatable bonds is 4. The number of nitrogens with one attached hydrogen (secondary N) is 1. The van der Waals surface area contributed by atoms with Crippen molar-refractivity contribution in [3.8, 4) is 0 Å². The van der Waals surface area contributed by atoms with Gasteiger partial charge in [-0.25, -0.2) is 4.39 Å². The van der Waals surface area contributed by atoms with Crippen LogP contribution < -0.4 is 5.32 Å². The maximum atomic E-state index is 13.8. The third-order valence-corrected chi connectivity index (χ3v) is 3.69. The predicted molar refractivity (Wildman–Crippen MR) is 84.4 cm³/mol. The summed E-state index contributed by atoms with van der Waals surface area (Å²) in [5, 5.41) is 11.2. The monoisotopic (exact) mass is 312 g/mol. The zero-order chi connectivity index (χ0) is 16.4. The highest BCUT2D eigenvalue weighted by molar-refractivity contribution is 5.94. The Labute approximate surface area is 133 Å². The molecule has 5 nitrogen and oxygen atoms in total. The van der Waals surface area contributed by atoms with Crippen molar-refractivity contribution in [2.45, 2.75) is 19.9 Å². The van der Waals surface area contributed by atoms with Crippen molar-refractivity contribution in [2.75, 3.05) is 0 Å². The van der Waals surface area contributed by atoms with Gasteiger partial charge in [-0.05, 0) is 30.2 Å². The smallest absolute Gasteiger partial charge is 0.254 e. The van der Waals surface area contributed by atoms with E-state index in [9.17, 15) is 9.18 Å². The molecule has 1 amide bonds. The fraction of sp³-hybridized carbons (Fsp3) is 0.235. The van der Waals surface area contributed by atoms with E-state index in [1.54, 1.807) is 12.1 Å². The third kappa shape index (κ3) is 2.92. The minimum absolute atomic E-state index is 0.0203. The Hall–Kier alpha value is -2.76. The lowest BCUT2D eigenvalue weighted by molar-refractivity contribution is 0.0918. The molecule has 0 saturated heterocycles. The Balaban J connectivity index is 1.94. The van der Waals surface area contributed by atoms with Crippen LogP contribution in [0.25, 0.3) is 5.65 Å². The van der Waals surface area contributed by atoms with Crippen molar-refractivity contribution in [2.24, 2.45) is 5.92 Å². The number of aromatic nitrogens is 3. The fourth-order valence-corrected chi connectivity index (χ4v) is 2.47. The minimum Gasteiger partial charge on any atom is -0.342 e. The third-order valence-electron chi connectivity index (χ3n) is 3.69. The Morgan fingerprint density at radius 2 is 1.87 bits per heavy atom. The van der Waals surface area contributed by atoms with E-state index in [1.165, 1.54) is 12.1 Å². The van der Waals surface area contributed by atoms with Crippen molar-refractivity contribution in [3.05, 3.63) is 65.9 Å². The Morgan fingerprint density at radius 1 is 1.13 bits per heavy atom. The lowest BCUT2D eigenvalue weighted by atomic mass is 10.0. The number of fused-ring (bicyclic) bond motifs is 1. The predicted octanol–water partition coefficient (Wildman–Crippen LogP) is 3.00. The number of hydrogen-bond acceptors (Lipinski definition) is 3. The average molecular weight is 312 g/mol. The van der Waals surface area contributed by atoms with Crippen molar-refractivity contribution in [1.82, 2.24) is 19.9 Å². The van der Waals surface area contributed by atoms with Gasteiger partial charge >= 0.3 is 0 Å². The first-order valence-corrected chi connectivity index (χ1v) is 7.43. The summed E-state index contributed by atoms with van der Waals surface area (Å²) in [7, 11) is 0. The van der Waals surface area contributed by atoms with Gasteiger partial charge in [0.05, 0.1) is 11.6 Å². The summed E-state index contributed by atoms with van der Waals surface area (Å²) in [5.41, 5.74) is 0.722. The second-order valence-electron chi connectivity index (χ2n) is 5.66. The molecular formula is C17H17FN4O. The summed E-state index contributed by atoms with van der Waals surface area (Å²) in [4.78, 5) is 12.4. The van der Waals surface area contributed by atoms with Crippen LogP contribution in [0.2, 0.25) is 0 Å². The minimum atomic E-state index is -0.543. The summed E-state index contributed by atoms with van der Waals surface area (Å²) in [6, 6.07) is 11.1. The molecule has 0 radical (unpaired) electrons. The van der Waals surface area contributed by atoms with E-state index in [-0.39, 0.29) is 17.5 Å². The molecule has 6 heteroatoms. The number of amides is 1. The van der Waals surface area contributed by atoms with Gasteiger partial charge in [-0.1, -0.05) is 32.0 Å². The normalized spacial score (nSPS) is 12.5. The number of pyridine rings is 1. The molecule has 23 heavy (non-hydrogen) atoms. The lowest BCUT2D eigenvalue weighted by Crippen LogP contribution is -2.33. The molecule has 2 heterocycles. The molecule has 3 aromatic rings. The number of halogens is 1. The molecule has 0 spiro atoms. The molecule has 1 N–H and O–H groups in total. The van der Waals surface area contributed by atoms with Gasteiger partial charge in [0.15, 0.2) is 11.5 Å². The van der Waals surface area contributed by atoms with Crippen LogP contribution in [0, 0.1) is 11.7 Å². The molecule has 0 bridgehead atoms.